The number of aromatic amines is 1. The molecule has 2 saturated heterocycles. The highest BCUT2D eigenvalue weighted by molar-refractivity contribution is 5.97. The first-order valence-corrected chi connectivity index (χ1v) is 12.2. The van der Waals surface area contributed by atoms with Gasteiger partial charge in [-0.15, -0.1) is 5.10 Å². The Kier molecular flexibility index (Phi) is 7.00. The maximum absolute atomic E-state index is 12.9. The van der Waals surface area contributed by atoms with E-state index in [1.807, 2.05) is 4.90 Å². The number of fused-ring (bicyclic) bond motifs is 1. The molecule has 2 aromatic carbocycles. The second-order valence-corrected chi connectivity index (χ2v) is 9.46. The summed E-state index contributed by atoms with van der Waals surface area (Å²) in [5, 5.41) is 14.1. The number of hydrogen-bond donors (Lipinski definition) is 2. The fourth-order valence-corrected chi connectivity index (χ4v) is 4.83. The van der Waals surface area contributed by atoms with E-state index < -0.39 is 17.8 Å². The lowest BCUT2D eigenvalue weighted by molar-refractivity contribution is -0.137. The van der Waals surface area contributed by atoms with Crippen LogP contribution in [0.3, 0.4) is 0 Å². The van der Waals surface area contributed by atoms with Crippen molar-refractivity contribution in [2.24, 2.45) is 0 Å². The van der Waals surface area contributed by atoms with Crippen molar-refractivity contribution in [3.8, 4) is 0 Å². The van der Waals surface area contributed by atoms with Crippen LogP contribution in [0.5, 0.6) is 0 Å². The Morgan fingerprint density at radius 1 is 1.00 bits per heavy atom. The predicted octanol–water partition coefficient (Wildman–Crippen LogP) is 3.58. The van der Waals surface area contributed by atoms with Gasteiger partial charge in [0.25, 0.3) is 5.91 Å². The Labute approximate surface area is 210 Å². The highest BCUT2D eigenvalue weighted by Gasteiger charge is 2.31. The van der Waals surface area contributed by atoms with Crippen LogP contribution in [0, 0.1) is 0 Å². The second-order valence-electron chi connectivity index (χ2n) is 9.46. The summed E-state index contributed by atoms with van der Waals surface area (Å²) in [5.41, 5.74) is 1.79. The number of benzene rings is 2. The number of nitrogens with zero attached hydrogens (tertiary/aromatic N) is 4. The predicted molar refractivity (Wildman–Crippen MR) is 128 cm³/mol. The molecule has 2 amide bonds. The van der Waals surface area contributed by atoms with E-state index in [9.17, 15) is 22.8 Å². The zero-order chi connectivity index (χ0) is 26.0. The summed E-state index contributed by atoms with van der Waals surface area (Å²) in [5.74, 6) is -0.0280. The van der Waals surface area contributed by atoms with Gasteiger partial charge >= 0.3 is 12.3 Å². The molecule has 2 fully saturated rings. The van der Waals surface area contributed by atoms with Gasteiger partial charge in [0.15, 0.2) is 0 Å². The van der Waals surface area contributed by atoms with Gasteiger partial charge in [0.05, 0.1) is 11.1 Å². The molecule has 3 aromatic rings. The van der Waals surface area contributed by atoms with Gasteiger partial charge in [-0.25, -0.2) is 4.79 Å². The Morgan fingerprint density at radius 2 is 1.70 bits per heavy atom. The highest BCUT2D eigenvalue weighted by atomic mass is 19.4. The van der Waals surface area contributed by atoms with Crippen molar-refractivity contribution in [1.82, 2.24) is 30.5 Å². The molecule has 1 atom stereocenters. The second kappa shape index (κ2) is 10.4. The van der Waals surface area contributed by atoms with E-state index in [1.54, 1.807) is 23.1 Å². The lowest BCUT2D eigenvalue weighted by Gasteiger charge is -2.33. The van der Waals surface area contributed by atoms with Crippen molar-refractivity contribution in [3.63, 3.8) is 0 Å². The van der Waals surface area contributed by atoms with Crippen molar-refractivity contribution in [3.05, 3.63) is 59.2 Å². The molecule has 2 aliphatic rings. The summed E-state index contributed by atoms with van der Waals surface area (Å²) < 4.78 is 43.3. The Morgan fingerprint density at radius 3 is 2.43 bits per heavy atom. The molecule has 0 radical (unpaired) electrons. The molecular weight excluding hydrogens is 489 g/mol. The summed E-state index contributed by atoms with van der Waals surface area (Å²) in [6, 6.07) is 10.3. The van der Waals surface area contributed by atoms with Crippen LogP contribution >= 0.6 is 0 Å². The third-order valence-corrected chi connectivity index (χ3v) is 6.92. The Bertz CT molecular complexity index is 1250. The van der Waals surface area contributed by atoms with E-state index in [0.717, 1.165) is 36.9 Å². The van der Waals surface area contributed by atoms with Crippen LogP contribution in [0.15, 0.2) is 42.5 Å². The van der Waals surface area contributed by atoms with Crippen molar-refractivity contribution in [2.75, 3.05) is 26.2 Å². The standard InChI is InChI=1S/C25H27F3N6O3/c26-25(27,28)18-4-1-16(2-5-18)15-37-24(36)33-10-7-19(8-11-33)29-20-9-12-34(14-20)23(35)17-3-6-21-22(13-17)31-32-30-21/h1-6,13,19-20,29H,7-12,14-15H2,(H,30,31,32). The SMILES string of the molecule is O=C(OCc1ccc(C(F)(F)F)cc1)N1CCC(NC2CCN(C(=O)c3ccc4[nH]nnc4c3)C2)CC1. The van der Waals surface area contributed by atoms with E-state index in [-0.39, 0.29) is 24.6 Å². The van der Waals surface area contributed by atoms with Gasteiger partial charge in [-0.3, -0.25) is 9.89 Å². The molecule has 0 spiro atoms. The monoisotopic (exact) mass is 516 g/mol. The minimum absolute atomic E-state index is 0.0280. The van der Waals surface area contributed by atoms with Gasteiger partial charge < -0.3 is 19.9 Å². The van der Waals surface area contributed by atoms with E-state index in [0.29, 0.717) is 42.8 Å². The minimum atomic E-state index is -4.40. The maximum atomic E-state index is 12.9. The fraction of sp³-hybridized carbons (Fsp3) is 0.440. The summed E-state index contributed by atoms with van der Waals surface area (Å²) in [4.78, 5) is 28.8. The zero-order valence-electron chi connectivity index (χ0n) is 20.0. The minimum Gasteiger partial charge on any atom is -0.445 e. The molecule has 0 aliphatic carbocycles. The number of likely N-dealkylation sites (tertiary alicyclic amines) is 2. The number of hydrogen-bond acceptors (Lipinski definition) is 6. The zero-order valence-corrected chi connectivity index (χ0v) is 20.0. The molecule has 1 aromatic heterocycles. The van der Waals surface area contributed by atoms with Crippen molar-refractivity contribution in [2.45, 2.75) is 44.1 Å². The normalized spacial score (nSPS) is 18.9. The van der Waals surface area contributed by atoms with Crippen LogP contribution in [-0.2, 0) is 17.5 Å². The Balaban J connectivity index is 1.04. The van der Waals surface area contributed by atoms with Crippen LogP contribution in [0.2, 0.25) is 0 Å². The van der Waals surface area contributed by atoms with Gasteiger partial charge in [-0.2, -0.15) is 13.2 Å². The topological polar surface area (TPSA) is 103 Å². The summed E-state index contributed by atoms with van der Waals surface area (Å²) in [6.07, 6.45) is -2.51. The quantitative estimate of drug-likeness (QED) is 0.538. The summed E-state index contributed by atoms with van der Waals surface area (Å²) in [6.45, 7) is 2.26. The molecular formula is C25H27F3N6O3. The Hall–Kier alpha value is -3.67. The van der Waals surface area contributed by atoms with Crippen LogP contribution in [0.1, 0.15) is 40.7 Å². The van der Waals surface area contributed by atoms with Gasteiger partial charge in [-0.05, 0) is 55.2 Å². The fourth-order valence-electron chi connectivity index (χ4n) is 4.83. The first-order chi connectivity index (χ1) is 17.8. The van der Waals surface area contributed by atoms with E-state index in [2.05, 4.69) is 20.7 Å². The number of carbonyl (C=O) groups is 2. The van der Waals surface area contributed by atoms with Crippen LogP contribution in [-0.4, -0.2) is 75.5 Å². The molecule has 37 heavy (non-hydrogen) atoms. The molecule has 3 heterocycles. The first-order valence-electron chi connectivity index (χ1n) is 12.2. The van der Waals surface area contributed by atoms with Crippen molar-refractivity contribution in [1.29, 1.82) is 0 Å². The van der Waals surface area contributed by atoms with Crippen molar-refractivity contribution >= 4 is 23.0 Å². The average molecular weight is 517 g/mol. The molecule has 0 saturated carbocycles. The number of carbonyl (C=O) groups excluding carboxylic acids is 2. The number of piperidine rings is 1. The first kappa shape index (κ1) is 25.0. The van der Waals surface area contributed by atoms with E-state index >= 15 is 0 Å². The molecule has 196 valence electrons. The smallest absolute Gasteiger partial charge is 0.416 e. The lowest BCUT2D eigenvalue weighted by Crippen LogP contribution is -2.48. The number of nitrogens with one attached hydrogen (secondary N) is 2. The molecule has 5 rings (SSSR count). The van der Waals surface area contributed by atoms with Gasteiger partial charge in [0, 0.05) is 43.8 Å². The largest absolute Gasteiger partial charge is 0.445 e. The third kappa shape index (κ3) is 5.85. The number of amides is 2. The number of H-pyrrole nitrogens is 1. The van der Waals surface area contributed by atoms with Crippen LogP contribution < -0.4 is 5.32 Å². The van der Waals surface area contributed by atoms with Gasteiger partial charge in [-0.1, -0.05) is 17.3 Å². The molecule has 12 heteroatoms. The number of ether oxygens (including phenoxy) is 1. The number of aromatic nitrogens is 3. The van der Waals surface area contributed by atoms with Gasteiger partial charge in [0.1, 0.15) is 12.1 Å². The van der Waals surface area contributed by atoms with Crippen LogP contribution in [0.4, 0.5) is 18.0 Å². The van der Waals surface area contributed by atoms with E-state index in [4.69, 9.17) is 4.74 Å². The third-order valence-electron chi connectivity index (χ3n) is 6.92. The molecule has 1 unspecified atom stereocenters. The van der Waals surface area contributed by atoms with Gasteiger partial charge in [0.2, 0.25) is 0 Å². The van der Waals surface area contributed by atoms with Crippen molar-refractivity contribution < 1.29 is 27.5 Å². The maximum Gasteiger partial charge on any atom is 0.416 e. The summed E-state index contributed by atoms with van der Waals surface area (Å²) in [7, 11) is 0. The molecule has 2 aliphatic heterocycles. The molecule has 0 bridgehead atoms. The van der Waals surface area contributed by atoms with E-state index in [1.165, 1.54) is 12.1 Å². The number of alkyl halides is 3. The number of rotatable bonds is 5. The molecule has 9 nitrogen and oxygen atoms in total. The average Bonchev–Trinajstić information content (AvgIpc) is 3.56. The lowest BCUT2D eigenvalue weighted by atomic mass is 10.0. The summed E-state index contributed by atoms with van der Waals surface area (Å²) >= 11 is 0. The van der Waals surface area contributed by atoms with Crippen LogP contribution in [0.25, 0.3) is 11.0 Å². The highest BCUT2D eigenvalue weighted by Crippen LogP contribution is 2.29. The number of halogens is 3. The molecule has 2 N–H and O–H groups in total.